The fourth-order valence-electron chi connectivity index (χ4n) is 2.15. The van der Waals surface area contributed by atoms with E-state index in [0.29, 0.717) is 28.2 Å². The summed E-state index contributed by atoms with van der Waals surface area (Å²) in [5, 5.41) is 19.1. The summed E-state index contributed by atoms with van der Waals surface area (Å²) < 4.78 is 0. The van der Waals surface area contributed by atoms with Gasteiger partial charge in [-0.25, -0.2) is 0 Å². The monoisotopic (exact) mass is 279 g/mol. The van der Waals surface area contributed by atoms with Crippen LogP contribution in [0, 0.1) is 11.3 Å². The molecular formula is C16H10ClN3. The van der Waals surface area contributed by atoms with Crippen molar-refractivity contribution in [1.82, 2.24) is 10.2 Å². The Morgan fingerprint density at radius 3 is 2.60 bits per heavy atom. The topological polar surface area (TPSA) is 49.6 Å². The van der Waals surface area contributed by atoms with E-state index in [2.05, 4.69) is 16.3 Å². The van der Waals surface area contributed by atoms with Crippen LogP contribution in [-0.4, -0.2) is 10.2 Å². The van der Waals surface area contributed by atoms with Gasteiger partial charge in [0.25, 0.3) is 0 Å². The molecule has 3 rings (SSSR count). The predicted octanol–water partition coefficient (Wildman–Crippen LogP) is 3.75. The Balaban J connectivity index is 2.14. The van der Waals surface area contributed by atoms with Crippen molar-refractivity contribution in [3.05, 3.63) is 70.4 Å². The zero-order chi connectivity index (χ0) is 13.9. The Kier molecular flexibility index (Phi) is 3.32. The standard InChI is InChI=1S/C16H10ClN3/c17-12-6-7-15-13(9-12)14(10-18)16(20-19-15)8-11-4-2-1-3-5-11/h1-7,9H,8H2. The van der Waals surface area contributed by atoms with Gasteiger partial charge in [0, 0.05) is 16.8 Å². The van der Waals surface area contributed by atoms with Gasteiger partial charge in [-0.15, -0.1) is 0 Å². The van der Waals surface area contributed by atoms with Crippen LogP contribution in [0.25, 0.3) is 10.9 Å². The highest BCUT2D eigenvalue weighted by Crippen LogP contribution is 2.23. The molecule has 0 atom stereocenters. The molecule has 0 unspecified atom stereocenters. The van der Waals surface area contributed by atoms with E-state index in [0.717, 1.165) is 10.9 Å². The third kappa shape index (κ3) is 2.34. The average molecular weight is 280 g/mol. The molecule has 4 heteroatoms. The van der Waals surface area contributed by atoms with Gasteiger partial charge in [-0.1, -0.05) is 41.9 Å². The van der Waals surface area contributed by atoms with Crippen molar-refractivity contribution in [2.24, 2.45) is 0 Å². The number of nitriles is 1. The maximum atomic E-state index is 9.42. The molecule has 1 aromatic heterocycles. The van der Waals surface area contributed by atoms with Gasteiger partial charge in [0.1, 0.15) is 6.07 Å². The van der Waals surface area contributed by atoms with E-state index in [1.165, 1.54) is 0 Å². The van der Waals surface area contributed by atoms with Crippen molar-refractivity contribution in [1.29, 1.82) is 5.26 Å². The first-order valence-corrected chi connectivity index (χ1v) is 6.54. The maximum Gasteiger partial charge on any atom is 0.102 e. The minimum atomic E-state index is 0.543. The first kappa shape index (κ1) is 12.6. The molecule has 96 valence electrons. The molecule has 0 spiro atoms. The Morgan fingerprint density at radius 1 is 1.05 bits per heavy atom. The lowest BCUT2D eigenvalue weighted by Crippen LogP contribution is -2.00. The SMILES string of the molecule is N#Cc1c(Cc2ccccc2)nnc2ccc(Cl)cc12. The molecule has 0 bridgehead atoms. The van der Waals surface area contributed by atoms with E-state index in [-0.39, 0.29) is 0 Å². The Morgan fingerprint density at radius 2 is 1.85 bits per heavy atom. The number of benzene rings is 2. The van der Waals surface area contributed by atoms with E-state index >= 15 is 0 Å². The predicted molar refractivity (Wildman–Crippen MR) is 78.5 cm³/mol. The first-order chi connectivity index (χ1) is 9.78. The number of nitrogens with zero attached hydrogens (tertiary/aromatic N) is 3. The normalized spacial score (nSPS) is 10.4. The lowest BCUT2D eigenvalue weighted by atomic mass is 10.0. The van der Waals surface area contributed by atoms with Gasteiger partial charge >= 0.3 is 0 Å². The van der Waals surface area contributed by atoms with E-state index in [1.54, 1.807) is 18.2 Å². The fourth-order valence-corrected chi connectivity index (χ4v) is 2.33. The second kappa shape index (κ2) is 5.28. The molecule has 20 heavy (non-hydrogen) atoms. The Labute approximate surface area is 121 Å². The van der Waals surface area contributed by atoms with Crippen LogP contribution in [0.5, 0.6) is 0 Å². The third-order valence-corrected chi connectivity index (χ3v) is 3.36. The summed E-state index contributed by atoms with van der Waals surface area (Å²) in [5.41, 5.74) is 3.00. The molecule has 0 aliphatic carbocycles. The van der Waals surface area contributed by atoms with Crippen LogP contribution >= 0.6 is 11.6 Å². The molecule has 0 amide bonds. The smallest absolute Gasteiger partial charge is 0.102 e. The largest absolute Gasteiger partial charge is 0.192 e. The highest BCUT2D eigenvalue weighted by atomic mass is 35.5. The first-order valence-electron chi connectivity index (χ1n) is 6.17. The molecule has 1 heterocycles. The van der Waals surface area contributed by atoms with Crippen molar-refractivity contribution in [2.75, 3.05) is 0 Å². The van der Waals surface area contributed by atoms with Crippen molar-refractivity contribution < 1.29 is 0 Å². The van der Waals surface area contributed by atoms with Crippen molar-refractivity contribution in [3.8, 4) is 6.07 Å². The summed E-state index contributed by atoms with van der Waals surface area (Å²) in [6.45, 7) is 0. The highest BCUT2D eigenvalue weighted by Gasteiger charge is 2.11. The summed E-state index contributed by atoms with van der Waals surface area (Å²) >= 11 is 6.00. The molecule has 3 aromatic rings. The van der Waals surface area contributed by atoms with Crippen LogP contribution in [-0.2, 0) is 6.42 Å². The maximum absolute atomic E-state index is 9.42. The number of rotatable bonds is 2. The molecule has 0 saturated heterocycles. The summed E-state index contributed by atoms with van der Waals surface area (Å²) in [6.07, 6.45) is 0.583. The van der Waals surface area contributed by atoms with Crippen LogP contribution in [0.1, 0.15) is 16.8 Å². The van der Waals surface area contributed by atoms with Gasteiger partial charge in [-0.3, -0.25) is 0 Å². The summed E-state index contributed by atoms with van der Waals surface area (Å²) in [4.78, 5) is 0. The molecule has 0 N–H and O–H groups in total. The molecule has 0 aliphatic rings. The zero-order valence-corrected chi connectivity index (χ0v) is 11.3. The van der Waals surface area contributed by atoms with Gasteiger partial charge in [-0.2, -0.15) is 15.5 Å². The van der Waals surface area contributed by atoms with Crippen LogP contribution in [0.2, 0.25) is 5.02 Å². The molecule has 0 saturated carbocycles. The quantitative estimate of drug-likeness (QED) is 0.718. The average Bonchev–Trinajstić information content (AvgIpc) is 2.48. The van der Waals surface area contributed by atoms with Crippen molar-refractivity contribution in [2.45, 2.75) is 6.42 Å². The van der Waals surface area contributed by atoms with Gasteiger partial charge in [-0.05, 0) is 23.8 Å². The van der Waals surface area contributed by atoms with Crippen molar-refractivity contribution in [3.63, 3.8) is 0 Å². The third-order valence-electron chi connectivity index (χ3n) is 3.12. The molecule has 2 aromatic carbocycles. The van der Waals surface area contributed by atoms with Gasteiger partial charge in [0.05, 0.1) is 16.8 Å². The van der Waals surface area contributed by atoms with Gasteiger partial charge in [0.15, 0.2) is 0 Å². The lowest BCUT2D eigenvalue weighted by Gasteiger charge is -2.06. The zero-order valence-electron chi connectivity index (χ0n) is 10.5. The number of halogens is 1. The van der Waals surface area contributed by atoms with Crippen LogP contribution in [0.4, 0.5) is 0 Å². The number of hydrogen-bond donors (Lipinski definition) is 0. The summed E-state index contributed by atoms with van der Waals surface area (Å²) in [5.74, 6) is 0. The lowest BCUT2D eigenvalue weighted by molar-refractivity contribution is 0.958. The highest BCUT2D eigenvalue weighted by molar-refractivity contribution is 6.31. The van der Waals surface area contributed by atoms with Crippen LogP contribution in [0.3, 0.4) is 0 Å². The second-order valence-corrected chi connectivity index (χ2v) is 4.89. The summed E-state index contributed by atoms with van der Waals surface area (Å²) in [7, 11) is 0. The molecular weight excluding hydrogens is 270 g/mol. The minimum absolute atomic E-state index is 0.543. The minimum Gasteiger partial charge on any atom is -0.192 e. The van der Waals surface area contributed by atoms with Crippen LogP contribution in [0.15, 0.2) is 48.5 Å². The van der Waals surface area contributed by atoms with E-state index in [4.69, 9.17) is 11.6 Å². The van der Waals surface area contributed by atoms with Gasteiger partial charge in [0.2, 0.25) is 0 Å². The Hall–Kier alpha value is -2.44. The molecule has 3 nitrogen and oxygen atoms in total. The van der Waals surface area contributed by atoms with Crippen molar-refractivity contribution >= 4 is 22.5 Å². The number of aromatic nitrogens is 2. The molecule has 0 aliphatic heterocycles. The summed E-state index contributed by atoms with van der Waals surface area (Å²) in [6, 6.07) is 17.4. The Bertz CT molecular complexity index is 807. The van der Waals surface area contributed by atoms with Gasteiger partial charge < -0.3 is 0 Å². The van der Waals surface area contributed by atoms with Crippen LogP contribution < -0.4 is 0 Å². The number of fused-ring (bicyclic) bond motifs is 1. The van der Waals surface area contributed by atoms with E-state index in [1.807, 2.05) is 30.3 Å². The molecule has 0 radical (unpaired) electrons. The van der Waals surface area contributed by atoms with E-state index in [9.17, 15) is 5.26 Å². The fraction of sp³-hybridized carbons (Fsp3) is 0.0625. The van der Waals surface area contributed by atoms with E-state index < -0.39 is 0 Å². The second-order valence-electron chi connectivity index (χ2n) is 4.46. The number of hydrogen-bond acceptors (Lipinski definition) is 3. The molecule has 0 fully saturated rings.